The van der Waals surface area contributed by atoms with Gasteiger partial charge in [0.25, 0.3) is 0 Å². The number of ketones is 1. The van der Waals surface area contributed by atoms with Gasteiger partial charge in [-0.1, -0.05) is 32.8 Å². The quantitative estimate of drug-likeness (QED) is 0.782. The van der Waals surface area contributed by atoms with Crippen molar-refractivity contribution >= 4 is 11.3 Å². The molecule has 0 N–H and O–H groups in total. The van der Waals surface area contributed by atoms with Crippen LogP contribution in [0.15, 0.2) is 24.4 Å². The highest BCUT2D eigenvalue weighted by atomic mass is 16.1. The van der Waals surface area contributed by atoms with E-state index in [0.717, 1.165) is 29.6 Å². The zero-order valence-electron chi connectivity index (χ0n) is 11.6. The van der Waals surface area contributed by atoms with Gasteiger partial charge >= 0.3 is 0 Å². The minimum atomic E-state index is 0.214. The highest BCUT2D eigenvalue weighted by Crippen LogP contribution is 2.32. The standard InChI is InChI=1S/C16H20N2O/c1-11(2)15-14(16(19)12-7-3-4-8-12)13-9-5-6-10-18(13)17-15/h5-6,9-12H,3-4,7-8H2,1-2H3. The average molecular weight is 256 g/mol. The number of fused-ring (bicyclic) bond motifs is 1. The second-order valence-electron chi connectivity index (χ2n) is 5.79. The van der Waals surface area contributed by atoms with Gasteiger partial charge in [0.05, 0.1) is 16.8 Å². The minimum absolute atomic E-state index is 0.214. The summed E-state index contributed by atoms with van der Waals surface area (Å²) in [6.07, 6.45) is 6.38. The number of Topliss-reactive ketones (excluding diaryl/α,β-unsaturated/α-hetero) is 1. The molecule has 0 atom stereocenters. The van der Waals surface area contributed by atoms with E-state index in [0.29, 0.717) is 5.78 Å². The third kappa shape index (κ3) is 2.07. The number of rotatable bonds is 3. The van der Waals surface area contributed by atoms with Crippen LogP contribution in [0, 0.1) is 5.92 Å². The third-order valence-electron chi connectivity index (χ3n) is 4.09. The topological polar surface area (TPSA) is 34.4 Å². The molecule has 0 aromatic carbocycles. The summed E-state index contributed by atoms with van der Waals surface area (Å²) in [6, 6.07) is 5.93. The Morgan fingerprint density at radius 3 is 2.74 bits per heavy atom. The molecule has 0 unspecified atom stereocenters. The molecular formula is C16H20N2O. The zero-order valence-corrected chi connectivity index (χ0v) is 11.6. The second kappa shape index (κ2) is 4.80. The van der Waals surface area contributed by atoms with Crippen molar-refractivity contribution in [2.45, 2.75) is 45.4 Å². The summed E-state index contributed by atoms with van der Waals surface area (Å²) < 4.78 is 1.84. The van der Waals surface area contributed by atoms with Gasteiger partial charge in [-0.15, -0.1) is 0 Å². The van der Waals surface area contributed by atoms with E-state index in [1.165, 1.54) is 12.8 Å². The summed E-state index contributed by atoms with van der Waals surface area (Å²) in [7, 11) is 0. The molecule has 3 nitrogen and oxygen atoms in total. The molecule has 0 bridgehead atoms. The monoisotopic (exact) mass is 256 g/mol. The fourth-order valence-electron chi connectivity index (χ4n) is 3.07. The van der Waals surface area contributed by atoms with Gasteiger partial charge < -0.3 is 0 Å². The number of nitrogens with zero attached hydrogens (tertiary/aromatic N) is 2. The van der Waals surface area contributed by atoms with Crippen LogP contribution in [0.5, 0.6) is 0 Å². The van der Waals surface area contributed by atoms with Crippen molar-refractivity contribution in [3.8, 4) is 0 Å². The van der Waals surface area contributed by atoms with Gasteiger partial charge in [-0.2, -0.15) is 5.10 Å². The zero-order chi connectivity index (χ0) is 13.4. The summed E-state index contributed by atoms with van der Waals surface area (Å²) in [5.41, 5.74) is 2.77. The fourth-order valence-corrected chi connectivity index (χ4v) is 3.07. The predicted octanol–water partition coefficient (Wildman–Crippen LogP) is 3.83. The average Bonchev–Trinajstić information content (AvgIpc) is 3.05. The van der Waals surface area contributed by atoms with E-state index in [1.807, 2.05) is 28.9 Å². The maximum Gasteiger partial charge on any atom is 0.170 e. The molecule has 0 aliphatic heterocycles. The molecule has 1 aliphatic carbocycles. The van der Waals surface area contributed by atoms with Crippen molar-refractivity contribution < 1.29 is 4.79 Å². The molecular weight excluding hydrogens is 236 g/mol. The molecule has 19 heavy (non-hydrogen) atoms. The summed E-state index contributed by atoms with van der Waals surface area (Å²) in [5.74, 6) is 0.799. The lowest BCUT2D eigenvalue weighted by Gasteiger charge is -2.10. The summed E-state index contributed by atoms with van der Waals surface area (Å²) in [5, 5.41) is 4.60. The number of carbonyl (C=O) groups is 1. The number of hydrogen-bond donors (Lipinski definition) is 0. The SMILES string of the molecule is CC(C)c1nn2ccccc2c1C(=O)C1CCCC1. The van der Waals surface area contributed by atoms with Crippen LogP contribution in [-0.2, 0) is 0 Å². The second-order valence-corrected chi connectivity index (χ2v) is 5.79. The van der Waals surface area contributed by atoms with Gasteiger partial charge in [0.1, 0.15) is 0 Å². The molecule has 1 aliphatic rings. The van der Waals surface area contributed by atoms with Crippen LogP contribution in [0.4, 0.5) is 0 Å². The Labute approximate surface area is 113 Å². The number of carbonyl (C=O) groups excluding carboxylic acids is 1. The van der Waals surface area contributed by atoms with Crippen LogP contribution >= 0.6 is 0 Å². The fraction of sp³-hybridized carbons (Fsp3) is 0.500. The van der Waals surface area contributed by atoms with Crippen molar-refractivity contribution in [1.29, 1.82) is 0 Å². The number of aromatic nitrogens is 2. The van der Waals surface area contributed by atoms with Crippen LogP contribution in [0.1, 0.15) is 61.5 Å². The van der Waals surface area contributed by atoms with Crippen molar-refractivity contribution in [3.63, 3.8) is 0 Å². The molecule has 0 radical (unpaired) electrons. The highest BCUT2D eigenvalue weighted by Gasteiger charge is 2.29. The molecule has 100 valence electrons. The number of hydrogen-bond acceptors (Lipinski definition) is 2. The molecule has 1 saturated carbocycles. The lowest BCUT2D eigenvalue weighted by Crippen LogP contribution is -2.13. The predicted molar refractivity (Wildman–Crippen MR) is 75.6 cm³/mol. The molecule has 2 aromatic heterocycles. The summed E-state index contributed by atoms with van der Waals surface area (Å²) >= 11 is 0. The van der Waals surface area contributed by atoms with Crippen molar-refractivity contribution in [1.82, 2.24) is 9.61 Å². The van der Waals surface area contributed by atoms with E-state index in [2.05, 4.69) is 18.9 Å². The van der Waals surface area contributed by atoms with Crippen LogP contribution in [-0.4, -0.2) is 15.4 Å². The minimum Gasteiger partial charge on any atom is -0.294 e. The van der Waals surface area contributed by atoms with E-state index in [1.54, 1.807) is 0 Å². The van der Waals surface area contributed by atoms with Crippen LogP contribution in [0.2, 0.25) is 0 Å². The first-order chi connectivity index (χ1) is 9.18. The lowest BCUT2D eigenvalue weighted by atomic mass is 9.92. The van der Waals surface area contributed by atoms with E-state index < -0.39 is 0 Å². The summed E-state index contributed by atoms with van der Waals surface area (Å²) in [4.78, 5) is 12.8. The molecule has 1 fully saturated rings. The number of pyridine rings is 1. The molecule has 0 saturated heterocycles. The molecule has 3 heteroatoms. The Morgan fingerprint density at radius 1 is 1.32 bits per heavy atom. The first-order valence-electron chi connectivity index (χ1n) is 7.20. The van der Waals surface area contributed by atoms with Crippen molar-refractivity contribution in [2.75, 3.05) is 0 Å². The van der Waals surface area contributed by atoms with Gasteiger partial charge in [0.2, 0.25) is 0 Å². The Hall–Kier alpha value is -1.64. The van der Waals surface area contributed by atoms with Gasteiger partial charge in [0, 0.05) is 12.1 Å². The van der Waals surface area contributed by atoms with Gasteiger partial charge in [-0.25, -0.2) is 4.52 Å². The van der Waals surface area contributed by atoms with Gasteiger partial charge in [0.15, 0.2) is 5.78 Å². The van der Waals surface area contributed by atoms with E-state index in [9.17, 15) is 4.79 Å². The van der Waals surface area contributed by atoms with E-state index in [-0.39, 0.29) is 11.8 Å². The molecule has 0 spiro atoms. The third-order valence-corrected chi connectivity index (χ3v) is 4.09. The maximum atomic E-state index is 12.8. The smallest absolute Gasteiger partial charge is 0.170 e. The normalized spacial score (nSPS) is 16.6. The molecule has 0 amide bonds. The Morgan fingerprint density at radius 2 is 2.05 bits per heavy atom. The van der Waals surface area contributed by atoms with E-state index in [4.69, 9.17) is 0 Å². The van der Waals surface area contributed by atoms with E-state index >= 15 is 0 Å². The van der Waals surface area contributed by atoms with Crippen molar-refractivity contribution in [3.05, 3.63) is 35.7 Å². The largest absolute Gasteiger partial charge is 0.294 e. The first kappa shape index (κ1) is 12.4. The Kier molecular flexibility index (Phi) is 3.13. The Balaban J connectivity index is 2.14. The lowest BCUT2D eigenvalue weighted by molar-refractivity contribution is 0.0923. The molecule has 2 heterocycles. The molecule has 2 aromatic rings. The Bertz CT molecular complexity index is 606. The molecule has 3 rings (SSSR count). The first-order valence-corrected chi connectivity index (χ1v) is 7.20. The maximum absolute atomic E-state index is 12.8. The van der Waals surface area contributed by atoms with Crippen molar-refractivity contribution in [2.24, 2.45) is 5.92 Å². The van der Waals surface area contributed by atoms with Gasteiger partial charge in [-0.3, -0.25) is 4.79 Å². The van der Waals surface area contributed by atoms with Crippen LogP contribution < -0.4 is 0 Å². The van der Waals surface area contributed by atoms with Crippen LogP contribution in [0.3, 0.4) is 0 Å². The highest BCUT2D eigenvalue weighted by molar-refractivity contribution is 6.05. The van der Waals surface area contributed by atoms with Crippen LogP contribution in [0.25, 0.3) is 5.52 Å². The van der Waals surface area contributed by atoms with Gasteiger partial charge in [-0.05, 0) is 30.9 Å². The summed E-state index contributed by atoms with van der Waals surface area (Å²) in [6.45, 7) is 4.21.